The van der Waals surface area contributed by atoms with Crippen molar-refractivity contribution >= 4 is 0 Å². The fraction of sp³-hybridized carbons (Fsp3) is 0.684. The number of hydrogen-bond donors (Lipinski definition) is 1. The summed E-state index contributed by atoms with van der Waals surface area (Å²) in [4.78, 5) is 0. The molecular weight excluding hydrogens is 258 g/mol. The lowest BCUT2D eigenvalue weighted by atomic mass is 9.82. The van der Waals surface area contributed by atoms with E-state index in [0.29, 0.717) is 12.5 Å². The smallest absolute Gasteiger partial charge is 0.126 e. The summed E-state index contributed by atoms with van der Waals surface area (Å²) >= 11 is 0. The predicted molar refractivity (Wildman–Crippen MR) is 92.2 cm³/mol. The Kier molecular flexibility index (Phi) is 6.27. The van der Waals surface area contributed by atoms with Gasteiger partial charge in [-0.1, -0.05) is 45.4 Å². The van der Waals surface area contributed by atoms with E-state index < -0.39 is 0 Å². The molecule has 0 saturated carbocycles. The van der Waals surface area contributed by atoms with Crippen molar-refractivity contribution in [3.05, 3.63) is 28.8 Å². The van der Waals surface area contributed by atoms with Gasteiger partial charge < -0.3 is 10.5 Å². The van der Waals surface area contributed by atoms with E-state index in [2.05, 4.69) is 60.6 Å². The number of hydrogen-bond acceptors (Lipinski definition) is 2. The fourth-order valence-corrected chi connectivity index (χ4v) is 2.97. The first-order valence-electron chi connectivity index (χ1n) is 8.17. The molecule has 1 aromatic rings. The van der Waals surface area contributed by atoms with Crippen molar-refractivity contribution in [2.45, 2.75) is 72.8 Å². The molecule has 0 aliphatic carbocycles. The number of ether oxygens (including phenoxy) is 1. The molecule has 0 radical (unpaired) electrons. The zero-order valence-electron chi connectivity index (χ0n) is 14.9. The second-order valence-electron chi connectivity index (χ2n) is 7.51. The number of aryl methyl sites for hydroxylation is 1. The molecule has 0 spiro atoms. The Labute approximate surface area is 131 Å². The Morgan fingerprint density at radius 3 is 2.29 bits per heavy atom. The molecule has 1 rings (SSSR count). The monoisotopic (exact) mass is 291 g/mol. The first-order chi connectivity index (χ1) is 9.65. The van der Waals surface area contributed by atoms with Gasteiger partial charge in [0.1, 0.15) is 5.75 Å². The average Bonchev–Trinajstić information content (AvgIpc) is 2.29. The summed E-state index contributed by atoms with van der Waals surface area (Å²) < 4.78 is 6.02. The number of rotatable bonds is 6. The van der Waals surface area contributed by atoms with Crippen molar-refractivity contribution in [2.24, 2.45) is 11.7 Å². The molecule has 0 saturated heterocycles. The molecule has 0 fully saturated rings. The summed E-state index contributed by atoms with van der Waals surface area (Å²) in [7, 11) is 0. The Morgan fingerprint density at radius 1 is 1.19 bits per heavy atom. The lowest BCUT2D eigenvalue weighted by Crippen LogP contribution is -2.20. The first kappa shape index (κ1) is 18.0. The van der Waals surface area contributed by atoms with Crippen LogP contribution in [0.3, 0.4) is 0 Å². The molecule has 2 atom stereocenters. The van der Waals surface area contributed by atoms with Gasteiger partial charge in [0.05, 0.1) is 6.61 Å². The molecule has 0 aliphatic heterocycles. The lowest BCUT2D eigenvalue weighted by molar-refractivity contribution is 0.323. The molecule has 21 heavy (non-hydrogen) atoms. The normalized spacial score (nSPS) is 14.9. The minimum atomic E-state index is 0.0929. The quantitative estimate of drug-likeness (QED) is 0.831. The zero-order valence-corrected chi connectivity index (χ0v) is 14.9. The minimum absolute atomic E-state index is 0.0929. The summed E-state index contributed by atoms with van der Waals surface area (Å²) in [5.41, 5.74) is 9.99. The highest BCUT2D eigenvalue weighted by Crippen LogP contribution is 2.36. The third-order valence-electron chi connectivity index (χ3n) is 3.75. The molecule has 0 amide bonds. The fourth-order valence-electron chi connectivity index (χ4n) is 2.97. The van der Waals surface area contributed by atoms with Gasteiger partial charge in [0.2, 0.25) is 0 Å². The van der Waals surface area contributed by atoms with Gasteiger partial charge >= 0.3 is 0 Å². The van der Waals surface area contributed by atoms with Crippen molar-refractivity contribution in [1.29, 1.82) is 0 Å². The third kappa shape index (κ3) is 5.35. The van der Waals surface area contributed by atoms with Crippen LogP contribution in [0, 0.1) is 12.8 Å². The molecular formula is C19H33NO. The van der Waals surface area contributed by atoms with Crippen LogP contribution in [0.15, 0.2) is 12.1 Å². The van der Waals surface area contributed by atoms with Crippen molar-refractivity contribution in [2.75, 3.05) is 6.61 Å². The Morgan fingerprint density at radius 2 is 1.81 bits per heavy atom. The van der Waals surface area contributed by atoms with Crippen molar-refractivity contribution < 1.29 is 4.74 Å². The van der Waals surface area contributed by atoms with E-state index >= 15 is 0 Å². The van der Waals surface area contributed by atoms with E-state index in [1.165, 1.54) is 16.7 Å². The summed E-state index contributed by atoms with van der Waals surface area (Å²) in [6, 6.07) is 4.80. The van der Waals surface area contributed by atoms with Gasteiger partial charge in [-0.05, 0) is 50.5 Å². The third-order valence-corrected chi connectivity index (χ3v) is 3.75. The van der Waals surface area contributed by atoms with Gasteiger partial charge in [0.25, 0.3) is 0 Å². The molecule has 0 heterocycles. The van der Waals surface area contributed by atoms with Crippen molar-refractivity contribution in [1.82, 2.24) is 0 Å². The summed E-state index contributed by atoms with van der Waals surface area (Å²) in [6.45, 7) is 16.0. The van der Waals surface area contributed by atoms with Gasteiger partial charge in [0.15, 0.2) is 0 Å². The largest absolute Gasteiger partial charge is 0.493 e. The SMILES string of the molecule is CCOc1c(CC(C)CC(C)N)cc(C)cc1C(C)(C)C. The zero-order chi connectivity index (χ0) is 16.2. The summed E-state index contributed by atoms with van der Waals surface area (Å²) in [5, 5.41) is 0. The summed E-state index contributed by atoms with van der Waals surface area (Å²) in [6.07, 6.45) is 2.08. The first-order valence-corrected chi connectivity index (χ1v) is 8.17. The van der Waals surface area contributed by atoms with Gasteiger partial charge in [-0.3, -0.25) is 0 Å². The molecule has 0 bridgehead atoms. The highest BCUT2D eigenvalue weighted by atomic mass is 16.5. The molecule has 2 unspecified atom stereocenters. The molecule has 0 aliphatic rings. The predicted octanol–water partition coefficient (Wildman–Crippen LogP) is 4.61. The van der Waals surface area contributed by atoms with E-state index in [1.807, 2.05) is 0 Å². The van der Waals surface area contributed by atoms with Crippen LogP contribution in [0.2, 0.25) is 0 Å². The molecule has 120 valence electrons. The van der Waals surface area contributed by atoms with Gasteiger partial charge in [-0.25, -0.2) is 0 Å². The van der Waals surface area contributed by atoms with E-state index in [4.69, 9.17) is 10.5 Å². The van der Waals surface area contributed by atoms with Crippen LogP contribution >= 0.6 is 0 Å². The molecule has 2 heteroatoms. The Bertz CT molecular complexity index is 457. The van der Waals surface area contributed by atoms with E-state index in [-0.39, 0.29) is 11.5 Å². The number of nitrogens with two attached hydrogens (primary N) is 1. The molecule has 1 aromatic carbocycles. The van der Waals surface area contributed by atoms with Crippen LogP contribution in [-0.4, -0.2) is 12.6 Å². The van der Waals surface area contributed by atoms with Crippen LogP contribution in [0.1, 0.15) is 64.7 Å². The molecule has 0 aromatic heterocycles. The van der Waals surface area contributed by atoms with Crippen LogP contribution in [0.4, 0.5) is 0 Å². The van der Waals surface area contributed by atoms with Crippen molar-refractivity contribution in [3.63, 3.8) is 0 Å². The number of benzene rings is 1. The maximum absolute atomic E-state index is 6.02. The second kappa shape index (κ2) is 7.31. The standard InChI is InChI=1S/C19H33NO/c1-8-21-18-16(10-13(2)9-15(4)20)11-14(3)12-17(18)19(5,6)7/h11-13,15H,8-10,20H2,1-7H3. The Balaban J connectivity index is 3.20. The van der Waals surface area contributed by atoms with Crippen LogP contribution in [-0.2, 0) is 11.8 Å². The van der Waals surface area contributed by atoms with Gasteiger partial charge in [0, 0.05) is 11.6 Å². The van der Waals surface area contributed by atoms with E-state index in [1.54, 1.807) is 0 Å². The lowest BCUT2D eigenvalue weighted by Gasteiger charge is -2.26. The maximum atomic E-state index is 6.02. The molecule has 2 nitrogen and oxygen atoms in total. The highest BCUT2D eigenvalue weighted by Gasteiger charge is 2.23. The van der Waals surface area contributed by atoms with Gasteiger partial charge in [-0.15, -0.1) is 0 Å². The maximum Gasteiger partial charge on any atom is 0.126 e. The van der Waals surface area contributed by atoms with Crippen LogP contribution < -0.4 is 10.5 Å². The van der Waals surface area contributed by atoms with E-state index in [9.17, 15) is 0 Å². The topological polar surface area (TPSA) is 35.2 Å². The second-order valence-corrected chi connectivity index (χ2v) is 7.51. The van der Waals surface area contributed by atoms with Gasteiger partial charge in [-0.2, -0.15) is 0 Å². The summed E-state index contributed by atoms with van der Waals surface area (Å²) in [5.74, 6) is 1.66. The van der Waals surface area contributed by atoms with Crippen LogP contribution in [0.5, 0.6) is 5.75 Å². The average molecular weight is 291 g/mol. The van der Waals surface area contributed by atoms with E-state index in [0.717, 1.165) is 18.6 Å². The highest BCUT2D eigenvalue weighted by molar-refractivity contribution is 5.48. The van der Waals surface area contributed by atoms with Crippen LogP contribution in [0.25, 0.3) is 0 Å². The Hall–Kier alpha value is -1.02. The minimum Gasteiger partial charge on any atom is -0.493 e. The van der Waals surface area contributed by atoms with Crippen molar-refractivity contribution in [3.8, 4) is 5.75 Å². The molecule has 2 N–H and O–H groups in total.